The van der Waals surface area contributed by atoms with Gasteiger partial charge in [-0.05, 0) is 53.9 Å². The van der Waals surface area contributed by atoms with E-state index in [1.807, 2.05) is 29.6 Å². The van der Waals surface area contributed by atoms with Crippen LogP contribution in [0.5, 0.6) is 5.75 Å². The molecule has 0 aliphatic carbocycles. The number of halogens is 1. The van der Waals surface area contributed by atoms with Crippen LogP contribution < -0.4 is 4.74 Å². The molecule has 1 saturated heterocycles. The minimum absolute atomic E-state index is 0.00726. The summed E-state index contributed by atoms with van der Waals surface area (Å²) < 4.78 is 19.1. The van der Waals surface area contributed by atoms with Crippen LogP contribution in [0.15, 0.2) is 78.4 Å². The van der Waals surface area contributed by atoms with E-state index in [-0.39, 0.29) is 30.3 Å². The molecule has 2 amide bonds. The molecule has 9 heteroatoms. The lowest BCUT2D eigenvalue weighted by atomic mass is 10.1. The predicted octanol–water partition coefficient (Wildman–Crippen LogP) is 5.21. The Hall–Kier alpha value is -4.11. The molecule has 2 aromatic carbocycles. The molecule has 1 aliphatic heterocycles. The molecule has 4 aromatic rings. The molecular formula is C29H27FN4O3S. The molecule has 7 nitrogen and oxygen atoms in total. The minimum atomic E-state index is -0.281. The van der Waals surface area contributed by atoms with Crippen molar-refractivity contribution in [2.45, 2.75) is 19.4 Å². The Balaban J connectivity index is 1.30. The largest absolute Gasteiger partial charge is 0.484 e. The third-order valence-corrected chi connectivity index (χ3v) is 7.55. The molecule has 5 rings (SSSR count). The van der Waals surface area contributed by atoms with Crippen LogP contribution in [-0.4, -0.2) is 57.8 Å². The smallest absolute Gasteiger partial charge is 0.261 e. The number of carbonyl (C=O) groups excluding carboxylic acids is 2. The number of nitrogens with zero attached hydrogens (tertiary/aromatic N) is 4. The highest BCUT2D eigenvalue weighted by molar-refractivity contribution is 7.10. The highest BCUT2D eigenvalue weighted by atomic mass is 32.1. The fourth-order valence-corrected chi connectivity index (χ4v) is 5.48. The highest BCUT2D eigenvalue weighted by Gasteiger charge is 2.32. The quantitative estimate of drug-likeness (QED) is 0.342. The second-order valence-corrected chi connectivity index (χ2v) is 9.91. The van der Waals surface area contributed by atoms with E-state index in [4.69, 9.17) is 9.72 Å². The molecule has 1 atom stereocenters. The number of hydrogen-bond acceptors (Lipinski definition) is 6. The minimum Gasteiger partial charge on any atom is -0.484 e. The lowest BCUT2D eigenvalue weighted by molar-refractivity contribution is -0.136. The van der Waals surface area contributed by atoms with Gasteiger partial charge in [0.25, 0.3) is 5.91 Å². The normalized spacial score (nSPS) is 15.7. The van der Waals surface area contributed by atoms with Crippen LogP contribution in [-0.2, 0) is 9.59 Å². The van der Waals surface area contributed by atoms with E-state index >= 15 is 0 Å². The molecule has 3 heterocycles. The third-order valence-electron chi connectivity index (χ3n) is 6.60. The van der Waals surface area contributed by atoms with Crippen LogP contribution in [0.2, 0.25) is 0 Å². The second-order valence-electron chi connectivity index (χ2n) is 9.02. The van der Waals surface area contributed by atoms with Gasteiger partial charge >= 0.3 is 0 Å². The molecule has 1 fully saturated rings. The van der Waals surface area contributed by atoms with Crippen LogP contribution in [0.3, 0.4) is 0 Å². The van der Waals surface area contributed by atoms with Crippen LogP contribution in [0.4, 0.5) is 4.39 Å². The molecule has 2 aromatic heterocycles. The maximum absolute atomic E-state index is 13.4. The number of ether oxygens (including phenoxy) is 1. The van der Waals surface area contributed by atoms with Crippen molar-refractivity contribution in [2.75, 3.05) is 26.2 Å². The van der Waals surface area contributed by atoms with Crippen molar-refractivity contribution in [3.8, 4) is 28.1 Å². The van der Waals surface area contributed by atoms with Crippen molar-refractivity contribution < 1.29 is 18.7 Å². The lowest BCUT2D eigenvalue weighted by Gasteiger charge is -2.28. The maximum atomic E-state index is 13.4. The molecule has 1 aliphatic rings. The zero-order valence-corrected chi connectivity index (χ0v) is 21.7. The molecule has 0 saturated carbocycles. The van der Waals surface area contributed by atoms with Crippen molar-refractivity contribution in [2.24, 2.45) is 0 Å². The summed E-state index contributed by atoms with van der Waals surface area (Å²) in [4.78, 5) is 37.9. The van der Waals surface area contributed by atoms with Gasteiger partial charge in [-0.3, -0.25) is 14.6 Å². The fourth-order valence-electron chi connectivity index (χ4n) is 4.51. The average Bonchev–Trinajstić information content (AvgIpc) is 3.32. The second kappa shape index (κ2) is 11.5. The lowest BCUT2D eigenvalue weighted by Crippen LogP contribution is -2.40. The molecule has 38 heavy (non-hydrogen) atoms. The van der Waals surface area contributed by atoms with Crippen LogP contribution in [0, 0.1) is 5.82 Å². The number of carbonyl (C=O) groups is 2. The van der Waals surface area contributed by atoms with Gasteiger partial charge in [0.2, 0.25) is 5.91 Å². The molecular weight excluding hydrogens is 503 g/mol. The first-order valence-electron chi connectivity index (χ1n) is 12.4. The first-order valence-corrected chi connectivity index (χ1v) is 13.3. The van der Waals surface area contributed by atoms with Gasteiger partial charge in [-0.15, -0.1) is 11.3 Å². The van der Waals surface area contributed by atoms with E-state index in [0.717, 1.165) is 27.4 Å². The maximum Gasteiger partial charge on any atom is 0.261 e. The van der Waals surface area contributed by atoms with Gasteiger partial charge in [0.1, 0.15) is 16.6 Å². The summed E-state index contributed by atoms with van der Waals surface area (Å²) in [5, 5.41) is 2.82. The summed E-state index contributed by atoms with van der Waals surface area (Å²) in [6, 6.07) is 17.2. The van der Waals surface area contributed by atoms with E-state index in [1.165, 1.54) is 23.5 Å². The summed E-state index contributed by atoms with van der Waals surface area (Å²) in [6.07, 6.45) is 4.05. The zero-order chi connectivity index (χ0) is 26.5. The predicted molar refractivity (Wildman–Crippen MR) is 144 cm³/mol. The number of aromatic nitrogens is 2. The van der Waals surface area contributed by atoms with Crippen molar-refractivity contribution in [1.29, 1.82) is 0 Å². The number of thiazole rings is 1. The summed E-state index contributed by atoms with van der Waals surface area (Å²) in [5.74, 6) is 0.114. The summed E-state index contributed by atoms with van der Waals surface area (Å²) in [5.41, 5.74) is 3.62. The highest BCUT2D eigenvalue weighted by Crippen LogP contribution is 2.32. The van der Waals surface area contributed by atoms with Crippen molar-refractivity contribution in [3.63, 3.8) is 0 Å². The Morgan fingerprint density at radius 1 is 0.947 bits per heavy atom. The SMILES string of the molecule is CC(=O)N1CCC(c2nc(-c3ccncc3)cs2)N(C(=O)COc2ccc(-c3ccc(F)cc3)cc2)CC1. The van der Waals surface area contributed by atoms with Gasteiger partial charge in [0.15, 0.2) is 6.61 Å². The number of benzene rings is 2. The van der Waals surface area contributed by atoms with E-state index in [0.29, 0.717) is 31.8 Å². The van der Waals surface area contributed by atoms with E-state index in [1.54, 1.807) is 53.4 Å². The standard InChI is InChI=1S/C29H27FN4O3S/c1-20(35)33-15-12-27(29-32-26(19-38-29)23-10-13-31-14-11-23)34(17-16-33)28(36)18-37-25-8-4-22(5-9-25)21-2-6-24(30)7-3-21/h2-11,13-14,19,27H,12,15-18H2,1H3. The Kier molecular flexibility index (Phi) is 7.74. The van der Waals surface area contributed by atoms with E-state index in [9.17, 15) is 14.0 Å². The average molecular weight is 531 g/mol. The van der Waals surface area contributed by atoms with Gasteiger partial charge < -0.3 is 14.5 Å². The van der Waals surface area contributed by atoms with E-state index < -0.39 is 0 Å². The number of rotatable bonds is 6. The fraction of sp³-hybridized carbons (Fsp3) is 0.241. The Morgan fingerprint density at radius 3 is 2.32 bits per heavy atom. The zero-order valence-electron chi connectivity index (χ0n) is 20.9. The summed E-state index contributed by atoms with van der Waals surface area (Å²) >= 11 is 1.51. The molecule has 0 spiro atoms. The Bertz CT molecular complexity index is 1390. The van der Waals surface area contributed by atoms with Crippen molar-refractivity contribution in [1.82, 2.24) is 19.8 Å². The molecule has 1 unspecified atom stereocenters. The number of hydrogen-bond donors (Lipinski definition) is 0. The van der Waals surface area contributed by atoms with Crippen molar-refractivity contribution >= 4 is 23.2 Å². The molecule has 0 radical (unpaired) electrons. The van der Waals surface area contributed by atoms with Gasteiger partial charge in [-0.25, -0.2) is 9.37 Å². The third kappa shape index (κ3) is 5.89. The Morgan fingerprint density at radius 2 is 1.63 bits per heavy atom. The van der Waals surface area contributed by atoms with Crippen LogP contribution >= 0.6 is 11.3 Å². The first kappa shape index (κ1) is 25.5. The molecule has 194 valence electrons. The number of pyridine rings is 1. The topological polar surface area (TPSA) is 75.6 Å². The molecule has 0 N–H and O–H groups in total. The molecule has 0 bridgehead atoms. The summed E-state index contributed by atoms with van der Waals surface area (Å²) in [7, 11) is 0. The van der Waals surface area contributed by atoms with Crippen molar-refractivity contribution in [3.05, 3.63) is 89.3 Å². The monoisotopic (exact) mass is 530 g/mol. The van der Waals surface area contributed by atoms with Gasteiger partial charge in [-0.2, -0.15) is 0 Å². The van der Waals surface area contributed by atoms with Gasteiger partial charge in [0.05, 0.1) is 11.7 Å². The van der Waals surface area contributed by atoms with Gasteiger partial charge in [0, 0.05) is 49.9 Å². The van der Waals surface area contributed by atoms with E-state index in [2.05, 4.69) is 4.98 Å². The van der Waals surface area contributed by atoms with Gasteiger partial charge in [-0.1, -0.05) is 24.3 Å². The number of amides is 2. The Labute approximate surface area is 224 Å². The summed E-state index contributed by atoms with van der Waals surface area (Å²) in [6.45, 7) is 2.84. The van der Waals surface area contributed by atoms with Crippen LogP contribution in [0.25, 0.3) is 22.4 Å². The first-order chi connectivity index (χ1) is 18.5. The van der Waals surface area contributed by atoms with Crippen LogP contribution in [0.1, 0.15) is 24.4 Å².